The summed E-state index contributed by atoms with van der Waals surface area (Å²) in [5.74, 6) is 1.37. The second-order valence-electron chi connectivity index (χ2n) is 9.62. The number of hydrogen-bond acceptors (Lipinski definition) is 4. The normalized spacial score (nSPS) is 14.8. The van der Waals surface area contributed by atoms with E-state index in [-0.39, 0.29) is 5.54 Å². The molecule has 0 spiro atoms. The number of aliphatic hydroxyl groups excluding tert-OH is 1. The number of nitrogens with zero attached hydrogens (tertiary/aromatic N) is 1. The second-order valence-corrected chi connectivity index (χ2v) is 11.8. The molecule has 3 nitrogen and oxygen atoms in total. The van der Waals surface area contributed by atoms with Gasteiger partial charge in [-0.25, -0.2) is 4.31 Å². The van der Waals surface area contributed by atoms with E-state index >= 15 is 0 Å². The van der Waals surface area contributed by atoms with Crippen molar-refractivity contribution in [3.63, 3.8) is 0 Å². The van der Waals surface area contributed by atoms with E-state index in [9.17, 15) is 0 Å². The zero-order chi connectivity index (χ0) is 23.7. The van der Waals surface area contributed by atoms with E-state index in [4.69, 9.17) is 5.11 Å². The van der Waals surface area contributed by atoms with E-state index in [1.165, 1.54) is 29.7 Å². The molecule has 0 amide bonds. The molecule has 0 bridgehead atoms. The molecule has 3 rings (SSSR count). The Balaban J connectivity index is 0.00000176. The lowest BCUT2D eigenvalue weighted by molar-refractivity contribution is 0.278. The summed E-state index contributed by atoms with van der Waals surface area (Å²) in [5, 5.41) is 10.9. The maximum Gasteiger partial charge on any atom is 0.0319 e. The quantitative estimate of drug-likeness (QED) is 0.356. The fraction of sp³-hybridized carbons (Fsp3) is 0.556. The molecule has 32 heavy (non-hydrogen) atoms. The minimum atomic E-state index is 0.174. The lowest BCUT2D eigenvalue weighted by atomic mass is 9.88. The largest absolute Gasteiger partial charge is 0.400 e. The first kappa shape index (κ1) is 27.4. The summed E-state index contributed by atoms with van der Waals surface area (Å²) in [6.07, 6.45) is 4.77. The van der Waals surface area contributed by atoms with Crippen LogP contribution in [0.25, 0.3) is 0 Å². The average Bonchev–Trinajstić information content (AvgIpc) is 3.16. The zero-order valence-corrected chi connectivity index (χ0v) is 23.0. The van der Waals surface area contributed by atoms with Gasteiger partial charge in [-0.05, 0) is 112 Å². The topological polar surface area (TPSA) is 35.5 Å². The Hall–Kier alpha value is -0.850. The van der Waals surface area contributed by atoms with Gasteiger partial charge in [-0.2, -0.15) is 0 Å². The van der Waals surface area contributed by atoms with E-state index in [1.807, 2.05) is 11.9 Å². The predicted molar refractivity (Wildman–Crippen MR) is 143 cm³/mol. The molecule has 0 fully saturated rings. The Labute approximate surface area is 208 Å². The van der Waals surface area contributed by atoms with Crippen molar-refractivity contribution < 1.29 is 5.11 Å². The van der Waals surface area contributed by atoms with Crippen LogP contribution >= 0.6 is 27.9 Å². The number of nitrogens with one attached hydrogen (secondary N) is 1. The van der Waals surface area contributed by atoms with Gasteiger partial charge in [0, 0.05) is 28.6 Å². The molecular formula is C27H41BrN2OS. The van der Waals surface area contributed by atoms with Crippen molar-refractivity contribution in [2.24, 2.45) is 11.8 Å². The minimum absolute atomic E-state index is 0.174. The van der Waals surface area contributed by atoms with Gasteiger partial charge >= 0.3 is 0 Å². The Morgan fingerprint density at radius 3 is 2.38 bits per heavy atom. The highest BCUT2D eigenvalue weighted by atomic mass is 79.9. The molecule has 0 radical (unpaired) electrons. The molecule has 2 aromatic rings. The average molecular weight is 522 g/mol. The van der Waals surface area contributed by atoms with Crippen LogP contribution in [0.1, 0.15) is 50.8 Å². The van der Waals surface area contributed by atoms with Gasteiger partial charge in [-0.3, -0.25) is 0 Å². The lowest BCUT2D eigenvalue weighted by Crippen LogP contribution is -2.44. The molecular weight excluding hydrogens is 480 g/mol. The van der Waals surface area contributed by atoms with Crippen LogP contribution in [0.15, 0.2) is 51.8 Å². The highest BCUT2D eigenvalue weighted by Gasteiger charge is 2.28. The number of halogens is 1. The third-order valence-corrected chi connectivity index (χ3v) is 7.64. The Morgan fingerprint density at radius 2 is 1.78 bits per heavy atom. The van der Waals surface area contributed by atoms with Crippen LogP contribution in [-0.2, 0) is 19.3 Å². The summed E-state index contributed by atoms with van der Waals surface area (Å²) in [6, 6.07) is 15.6. The summed E-state index contributed by atoms with van der Waals surface area (Å²) < 4.78 is 3.55. The van der Waals surface area contributed by atoms with Crippen LogP contribution in [0.4, 0.5) is 0 Å². The number of benzene rings is 2. The van der Waals surface area contributed by atoms with Crippen molar-refractivity contribution in [3.05, 3.63) is 63.6 Å². The van der Waals surface area contributed by atoms with Crippen LogP contribution in [0.5, 0.6) is 0 Å². The van der Waals surface area contributed by atoms with Gasteiger partial charge in [0.25, 0.3) is 0 Å². The van der Waals surface area contributed by atoms with Crippen LogP contribution in [-0.4, -0.2) is 42.2 Å². The van der Waals surface area contributed by atoms with Crippen LogP contribution in [0.2, 0.25) is 0 Å². The third kappa shape index (κ3) is 8.49. The SMILES string of the molecule is CCc1cc(Br)ccc1SN(C)CC(C)CNC(C)(C)CC1Cc2ccccc2C1.CO. The molecule has 0 saturated carbocycles. The highest BCUT2D eigenvalue weighted by molar-refractivity contribution is 9.10. The molecule has 2 N–H and O–H groups in total. The third-order valence-electron chi connectivity index (χ3n) is 6.09. The molecule has 1 aliphatic rings. The molecule has 1 unspecified atom stereocenters. The van der Waals surface area contributed by atoms with E-state index in [0.29, 0.717) is 5.92 Å². The fourth-order valence-electron chi connectivity index (χ4n) is 4.66. The van der Waals surface area contributed by atoms with Crippen LogP contribution < -0.4 is 5.32 Å². The zero-order valence-electron chi connectivity index (χ0n) is 20.6. The van der Waals surface area contributed by atoms with E-state index in [2.05, 4.69) is 103 Å². The van der Waals surface area contributed by atoms with Gasteiger partial charge in [-0.1, -0.05) is 54.0 Å². The minimum Gasteiger partial charge on any atom is -0.400 e. The van der Waals surface area contributed by atoms with Crippen LogP contribution in [0, 0.1) is 11.8 Å². The predicted octanol–water partition coefficient (Wildman–Crippen LogP) is 6.37. The van der Waals surface area contributed by atoms with E-state index in [1.54, 1.807) is 11.1 Å². The molecule has 1 aliphatic carbocycles. The van der Waals surface area contributed by atoms with Crippen LogP contribution in [0.3, 0.4) is 0 Å². The molecule has 178 valence electrons. The first-order valence-corrected chi connectivity index (χ1v) is 13.3. The molecule has 2 aromatic carbocycles. The molecule has 0 aliphatic heterocycles. The van der Waals surface area contributed by atoms with Crippen molar-refractivity contribution in [1.29, 1.82) is 0 Å². The van der Waals surface area contributed by atoms with Crippen molar-refractivity contribution >= 4 is 27.9 Å². The Morgan fingerprint density at radius 1 is 1.16 bits per heavy atom. The number of fused-ring (bicyclic) bond motifs is 1. The fourth-order valence-corrected chi connectivity index (χ4v) is 6.18. The standard InChI is InChI=1S/C26H37BrN2S.CH4O/c1-6-21-15-24(27)11-12-25(21)30-29(5)18-19(2)17-28-26(3,4)16-20-13-22-9-7-8-10-23(22)14-20;1-2/h7-12,15,19-20,28H,6,13-14,16-18H2,1-5H3;2H,1H3. The molecule has 5 heteroatoms. The van der Waals surface area contributed by atoms with Gasteiger partial charge < -0.3 is 10.4 Å². The maximum absolute atomic E-state index is 7.00. The number of aliphatic hydroxyl groups is 1. The highest BCUT2D eigenvalue weighted by Crippen LogP contribution is 2.32. The monoisotopic (exact) mass is 520 g/mol. The molecule has 0 saturated heterocycles. The summed E-state index contributed by atoms with van der Waals surface area (Å²) >= 11 is 5.46. The van der Waals surface area contributed by atoms with E-state index < -0.39 is 0 Å². The van der Waals surface area contributed by atoms with E-state index in [0.717, 1.165) is 37.0 Å². The Kier molecular flexibility index (Phi) is 11.3. The first-order chi connectivity index (χ1) is 15.3. The second kappa shape index (κ2) is 13.1. The molecule has 1 atom stereocenters. The van der Waals surface area contributed by atoms with Gasteiger partial charge in [0.05, 0.1) is 0 Å². The van der Waals surface area contributed by atoms with Gasteiger partial charge in [0.15, 0.2) is 0 Å². The molecule has 0 heterocycles. The van der Waals surface area contributed by atoms with Crippen molar-refractivity contribution in [2.75, 3.05) is 27.2 Å². The van der Waals surface area contributed by atoms with Gasteiger partial charge in [0.2, 0.25) is 0 Å². The van der Waals surface area contributed by atoms with Gasteiger partial charge in [-0.15, -0.1) is 0 Å². The smallest absolute Gasteiger partial charge is 0.0319 e. The summed E-state index contributed by atoms with van der Waals surface area (Å²) in [6.45, 7) is 11.4. The molecule has 0 aromatic heterocycles. The van der Waals surface area contributed by atoms with Crippen molar-refractivity contribution in [1.82, 2.24) is 9.62 Å². The lowest BCUT2D eigenvalue weighted by Gasteiger charge is -2.31. The summed E-state index contributed by atoms with van der Waals surface area (Å²) in [5.41, 5.74) is 4.70. The number of hydrogen-bond donors (Lipinski definition) is 2. The summed E-state index contributed by atoms with van der Waals surface area (Å²) in [4.78, 5) is 1.37. The summed E-state index contributed by atoms with van der Waals surface area (Å²) in [7, 11) is 3.21. The van der Waals surface area contributed by atoms with Crippen molar-refractivity contribution in [2.45, 2.75) is 63.8 Å². The Bertz CT molecular complexity index is 817. The maximum atomic E-state index is 7.00. The van der Waals surface area contributed by atoms with Gasteiger partial charge in [0.1, 0.15) is 0 Å². The van der Waals surface area contributed by atoms with Crippen molar-refractivity contribution in [3.8, 4) is 0 Å². The first-order valence-electron chi connectivity index (χ1n) is 11.7. The number of rotatable bonds is 10. The number of aryl methyl sites for hydroxylation is 1.